The first-order chi connectivity index (χ1) is 9.49. The number of carbonyl (C=O) groups is 1. The van der Waals surface area contributed by atoms with Crippen LogP contribution in [0.2, 0.25) is 0 Å². The van der Waals surface area contributed by atoms with Crippen molar-refractivity contribution in [1.82, 2.24) is 0 Å². The molecule has 2 aromatic carbocycles. The molecule has 0 spiro atoms. The van der Waals surface area contributed by atoms with E-state index in [0.29, 0.717) is 5.56 Å². The van der Waals surface area contributed by atoms with Crippen molar-refractivity contribution in [3.05, 3.63) is 65.7 Å². The Bertz CT molecular complexity index is 704. The summed E-state index contributed by atoms with van der Waals surface area (Å²) >= 11 is 0. The van der Waals surface area contributed by atoms with Crippen LogP contribution in [0.1, 0.15) is 22.3 Å². The second-order valence-corrected chi connectivity index (χ2v) is 6.78. The molecule has 0 heterocycles. The molecule has 4 heteroatoms. The number of aryl methyl sites for hydroxylation is 1. The summed E-state index contributed by atoms with van der Waals surface area (Å²) in [4.78, 5) is 12.2. The molecular weight excluding hydrogens is 272 g/mol. The highest BCUT2D eigenvalue weighted by Gasteiger charge is 2.17. The van der Waals surface area contributed by atoms with Gasteiger partial charge in [0, 0.05) is 12.0 Å². The van der Waals surface area contributed by atoms with Crippen LogP contribution in [0, 0.1) is 6.92 Å². The maximum atomic E-state index is 12.2. The second kappa shape index (κ2) is 6.01. The Labute approximate surface area is 119 Å². The van der Waals surface area contributed by atoms with Crippen LogP contribution in [0.15, 0.2) is 59.5 Å². The Kier molecular flexibility index (Phi) is 4.35. The molecule has 20 heavy (non-hydrogen) atoms. The summed E-state index contributed by atoms with van der Waals surface area (Å²) in [5.41, 5.74) is 1.44. The number of benzene rings is 2. The number of ketones is 1. The van der Waals surface area contributed by atoms with E-state index < -0.39 is 9.84 Å². The van der Waals surface area contributed by atoms with Gasteiger partial charge >= 0.3 is 0 Å². The van der Waals surface area contributed by atoms with E-state index in [1.807, 2.05) is 19.1 Å². The first-order valence-corrected chi connectivity index (χ1v) is 8.02. The normalized spacial score (nSPS) is 11.2. The van der Waals surface area contributed by atoms with Crippen molar-refractivity contribution in [2.75, 3.05) is 5.75 Å². The highest BCUT2D eigenvalue weighted by Crippen LogP contribution is 2.15. The van der Waals surface area contributed by atoms with Crippen molar-refractivity contribution >= 4 is 15.6 Å². The van der Waals surface area contributed by atoms with Crippen LogP contribution in [0.4, 0.5) is 0 Å². The van der Waals surface area contributed by atoms with Gasteiger partial charge in [-0.25, -0.2) is 8.42 Å². The van der Waals surface area contributed by atoms with E-state index in [1.54, 1.807) is 42.5 Å². The minimum absolute atomic E-state index is 0.000286. The number of hydrogen-bond donors (Lipinski definition) is 0. The lowest BCUT2D eigenvalue weighted by atomic mass is 10.1. The minimum Gasteiger partial charge on any atom is -0.294 e. The number of carbonyl (C=O) groups excluding carboxylic acids is 1. The first-order valence-electron chi connectivity index (χ1n) is 6.37. The number of sulfone groups is 1. The molecule has 0 N–H and O–H groups in total. The van der Waals surface area contributed by atoms with Crippen LogP contribution in [0.5, 0.6) is 0 Å². The molecule has 0 aliphatic carbocycles. The molecule has 0 fully saturated rings. The Balaban J connectivity index is 2.09. The molecule has 104 valence electrons. The van der Waals surface area contributed by atoms with Crippen LogP contribution in [-0.2, 0) is 9.84 Å². The van der Waals surface area contributed by atoms with Gasteiger partial charge in [0.2, 0.25) is 0 Å². The maximum Gasteiger partial charge on any atom is 0.178 e. The van der Waals surface area contributed by atoms with Crippen molar-refractivity contribution in [1.29, 1.82) is 0 Å². The van der Waals surface area contributed by atoms with Crippen molar-refractivity contribution in [2.24, 2.45) is 0 Å². The van der Waals surface area contributed by atoms with Gasteiger partial charge in [0.1, 0.15) is 0 Å². The molecule has 0 bridgehead atoms. The van der Waals surface area contributed by atoms with E-state index in [1.165, 1.54) is 0 Å². The molecule has 0 atom stereocenters. The van der Waals surface area contributed by atoms with Gasteiger partial charge < -0.3 is 0 Å². The maximum absolute atomic E-state index is 12.2. The van der Waals surface area contributed by atoms with Gasteiger partial charge in [-0.3, -0.25) is 4.79 Å². The first kappa shape index (κ1) is 14.5. The molecule has 0 aromatic heterocycles. The molecule has 0 saturated carbocycles. The van der Waals surface area contributed by atoms with E-state index >= 15 is 0 Å². The zero-order valence-electron chi connectivity index (χ0n) is 11.2. The van der Waals surface area contributed by atoms with Gasteiger partial charge in [-0.1, -0.05) is 42.5 Å². The quantitative estimate of drug-likeness (QED) is 0.795. The average Bonchev–Trinajstić information content (AvgIpc) is 2.46. The number of hydrogen-bond acceptors (Lipinski definition) is 3. The topological polar surface area (TPSA) is 51.2 Å². The van der Waals surface area contributed by atoms with Gasteiger partial charge in [-0.15, -0.1) is 0 Å². The van der Waals surface area contributed by atoms with Crippen LogP contribution in [0.3, 0.4) is 0 Å². The molecule has 0 amide bonds. The summed E-state index contributed by atoms with van der Waals surface area (Å²) in [6.45, 7) is 1.84. The van der Waals surface area contributed by atoms with E-state index in [-0.39, 0.29) is 22.9 Å². The lowest BCUT2D eigenvalue weighted by Crippen LogP contribution is -2.11. The molecular formula is C16H16O3S. The molecule has 0 saturated heterocycles. The fourth-order valence-corrected chi connectivity index (χ4v) is 3.26. The predicted molar refractivity (Wildman–Crippen MR) is 78.6 cm³/mol. The Morgan fingerprint density at radius 2 is 1.70 bits per heavy atom. The van der Waals surface area contributed by atoms with Crippen molar-refractivity contribution in [2.45, 2.75) is 18.2 Å². The summed E-state index contributed by atoms with van der Waals surface area (Å²) < 4.78 is 24.3. The molecule has 2 aromatic rings. The van der Waals surface area contributed by atoms with Crippen LogP contribution >= 0.6 is 0 Å². The summed E-state index contributed by atoms with van der Waals surface area (Å²) in [6, 6.07) is 15.5. The second-order valence-electron chi connectivity index (χ2n) is 4.67. The summed E-state index contributed by atoms with van der Waals surface area (Å²) in [7, 11) is -3.41. The smallest absolute Gasteiger partial charge is 0.178 e. The van der Waals surface area contributed by atoms with Crippen LogP contribution in [-0.4, -0.2) is 20.0 Å². The Morgan fingerprint density at radius 3 is 2.35 bits per heavy atom. The molecule has 0 radical (unpaired) electrons. The Hall–Kier alpha value is -1.94. The zero-order valence-corrected chi connectivity index (χ0v) is 12.1. The molecule has 0 aliphatic heterocycles. The van der Waals surface area contributed by atoms with Gasteiger partial charge in [0.15, 0.2) is 15.6 Å². The fraction of sp³-hybridized carbons (Fsp3) is 0.188. The third-order valence-electron chi connectivity index (χ3n) is 3.04. The Morgan fingerprint density at radius 1 is 1.00 bits per heavy atom. The lowest BCUT2D eigenvalue weighted by molar-refractivity contribution is 0.0989. The van der Waals surface area contributed by atoms with E-state index in [0.717, 1.165) is 5.56 Å². The molecule has 0 unspecified atom stereocenters. The molecule has 2 rings (SSSR count). The van der Waals surface area contributed by atoms with E-state index in [2.05, 4.69) is 0 Å². The molecule has 0 aliphatic rings. The summed E-state index contributed by atoms with van der Waals surface area (Å²) in [5.74, 6) is -0.314. The van der Waals surface area contributed by atoms with Gasteiger partial charge in [-0.2, -0.15) is 0 Å². The highest BCUT2D eigenvalue weighted by atomic mass is 32.2. The minimum atomic E-state index is -3.41. The predicted octanol–water partition coefficient (Wildman–Crippen LogP) is 3.04. The number of rotatable bonds is 5. The zero-order chi connectivity index (χ0) is 14.6. The van der Waals surface area contributed by atoms with E-state index in [9.17, 15) is 13.2 Å². The third kappa shape index (κ3) is 3.54. The monoisotopic (exact) mass is 288 g/mol. The SMILES string of the molecule is Cc1cccc(S(=O)(=O)CCC(=O)c2ccccc2)c1. The lowest BCUT2D eigenvalue weighted by Gasteiger charge is -2.05. The van der Waals surface area contributed by atoms with E-state index in [4.69, 9.17) is 0 Å². The van der Waals surface area contributed by atoms with Gasteiger partial charge in [0.05, 0.1) is 10.6 Å². The average molecular weight is 288 g/mol. The molecule has 3 nitrogen and oxygen atoms in total. The van der Waals surface area contributed by atoms with Gasteiger partial charge in [-0.05, 0) is 24.6 Å². The standard InChI is InChI=1S/C16H16O3S/c1-13-6-5-9-15(12-13)20(18,19)11-10-16(17)14-7-3-2-4-8-14/h2-9,12H,10-11H2,1H3. The number of Topliss-reactive ketones (excluding diaryl/α,β-unsaturated/α-hetero) is 1. The van der Waals surface area contributed by atoms with Gasteiger partial charge in [0.25, 0.3) is 0 Å². The van der Waals surface area contributed by atoms with Crippen molar-refractivity contribution in [3.8, 4) is 0 Å². The van der Waals surface area contributed by atoms with Crippen LogP contribution < -0.4 is 0 Å². The largest absolute Gasteiger partial charge is 0.294 e. The summed E-state index contributed by atoms with van der Waals surface area (Å²) in [6.07, 6.45) is 0.000286. The van der Waals surface area contributed by atoms with Crippen LogP contribution in [0.25, 0.3) is 0 Å². The summed E-state index contributed by atoms with van der Waals surface area (Å²) in [5, 5.41) is 0. The van der Waals surface area contributed by atoms with Crippen molar-refractivity contribution < 1.29 is 13.2 Å². The fourth-order valence-electron chi connectivity index (χ4n) is 1.92. The highest BCUT2D eigenvalue weighted by molar-refractivity contribution is 7.91. The van der Waals surface area contributed by atoms with Crippen molar-refractivity contribution in [3.63, 3.8) is 0 Å². The third-order valence-corrected chi connectivity index (χ3v) is 4.76.